The van der Waals surface area contributed by atoms with Crippen molar-refractivity contribution in [3.05, 3.63) is 23.9 Å². The van der Waals surface area contributed by atoms with E-state index in [0.717, 1.165) is 17.9 Å². The third-order valence-electron chi connectivity index (χ3n) is 3.15. The third kappa shape index (κ3) is 3.00. The first-order valence-corrected chi connectivity index (χ1v) is 7.90. The zero-order chi connectivity index (χ0) is 13.2. The van der Waals surface area contributed by atoms with Gasteiger partial charge >= 0.3 is 0 Å². The molecule has 6 heteroatoms. The molecule has 0 bridgehead atoms. The fourth-order valence-electron chi connectivity index (χ4n) is 2.23. The number of hydrogen-bond acceptors (Lipinski definition) is 5. The summed E-state index contributed by atoms with van der Waals surface area (Å²) in [5.41, 5.74) is 1.12. The summed E-state index contributed by atoms with van der Waals surface area (Å²) in [4.78, 5) is 6.47. The molecular weight excluding hydrogens is 250 g/mol. The molecule has 1 aromatic rings. The molecular formula is C12H19N3O2S. The summed E-state index contributed by atoms with van der Waals surface area (Å²) >= 11 is 0. The molecule has 1 aliphatic rings. The zero-order valence-corrected chi connectivity index (χ0v) is 11.6. The molecule has 1 unspecified atom stereocenters. The second-order valence-corrected chi connectivity index (χ2v) is 6.94. The van der Waals surface area contributed by atoms with Crippen LogP contribution >= 0.6 is 0 Å². The van der Waals surface area contributed by atoms with Crippen molar-refractivity contribution in [2.75, 3.05) is 30.0 Å². The van der Waals surface area contributed by atoms with Gasteiger partial charge in [-0.15, -0.1) is 0 Å². The average Bonchev–Trinajstić information content (AvgIpc) is 2.30. The van der Waals surface area contributed by atoms with Crippen LogP contribution in [0.5, 0.6) is 0 Å². The maximum Gasteiger partial charge on any atom is 0.154 e. The predicted molar refractivity (Wildman–Crippen MR) is 72.5 cm³/mol. The van der Waals surface area contributed by atoms with Gasteiger partial charge in [0, 0.05) is 25.3 Å². The van der Waals surface area contributed by atoms with Crippen molar-refractivity contribution in [1.29, 1.82) is 0 Å². The number of hydrogen-bond donors (Lipinski definition) is 1. The fraction of sp³-hybridized carbons (Fsp3) is 0.583. The highest BCUT2D eigenvalue weighted by Crippen LogP contribution is 2.19. The zero-order valence-electron chi connectivity index (χ0n) is 10.8. The normalized spacial score (nSPS) is 23.0. The Hall–Kier alpha value is -1.14. The Balaban J connectivity index is 2.12. The topological polar surface area (TPSA) is 62.3 Å². The molecule has 1 saturated heterocycles. The second-order valence-electron chi connectivity index (χ2n) is 4.71. The summed E-state index contributed by atoms with van der Waals surface area (Å²) in [5.74, 6) is 1.29. The van der Waals surface area contributed by atoms with Gasteiger partial charge < -0.3 is 10.2 Å². The number of aromatic nitrogens is 1. The first-order chi connectivity index (χ1) is 8.52. The molecule has 0 spiro atoms. The van der Waals surface area contributed by atoms with Crippen molar-refractivity contribution < 1.29 is 8.42 Å². The van der Waals surface area contributed by atoms with E-state index in [1.807, 2.05) is 32.3 Å². The summed E-state index contributed by atoms with van der Waals surface area (Å²) in [7, 11) is -0.975. The summed E-state index contributed by atoms with van der Waals surface area (Å²) < 4.78 is 23.0. The summed E-state index contributed by atoms with van der Waals surface area (Å²) in [6.07, 6.45) is 1.83. The predicted octanol–water partition coefficient (Wildman–Crippen LogP) is 0.424. The molecule has 0 aromatic carbocycles. The molecule has 1 atom stereocenters. The van der Waals surface area contributed by atoms with E-state index in [0.29, 0.717) is 6.54 Å². The third-order valence-corrected chi connectivity index (χ3v) is 4.95. The summed E-state index contributed by atoms with van der Waals surface area (Å²) in [6, 6.07) is 3.97. The van der Waals surface area contributed by atoms with Gasteiger partial charge in [-0.3, -0.25) is 0 Å². The van der Waals surface area contributed by atoms with Crippen LogP contribution < -0.4 is 10.2 Å². The number of rotatable bonds is 3. The van der Waals surface area contributed by atoms with Crippen LogP contribution in [0.25, 0.3) is 0 Å². The lowest BCUT2D eigenvalue weighted by molar-refractivity contribution is 0.567. The van der Waals surface area contributed by atoms with Gasteiger partial charge in [0.15, 0.2) is 9.84 Å². The average molecular weight is 269 g/mol. The van der Waals surface area contributed by atoms with E-state index >= 15 is 0 Å². The molecule has 1 fully saturated rings. The Bertz CT molecular complexity index is 499. The molecule has 0 amide bonds. The second kappa shape index (κ2) is 5.24. The van der Waals surface area contributed by atoms with E-state index in [1.54, 1.807) is 0 Å². The van der Waals surface area contributed by atoms with Crippen LogP contribution in [0, 0.1) is 0 Å². The standard InChI is InChI=1S/C12H19N3O2S/c1-10-9-18(16,17)6-5-15(10)12-4-3-11(7-13-2)8-14-12/h3-4,8,10,13H,5-7,9H2,1-2H3. The van der Waals surface area contributed by atoms with Gasteiger partial charge in [0.25, 0.3) is 0 Å². The van der Waals surface area contributed by atoms with Crippen LogP contribution in [0.15, 0.2) is 18.3 Å². The van der Waals surface area contributed by atoms with Gasteiger partial charge in [-0.25, -0.2) is 13.4 Å². The van der Waals surface area contributed by atoms with Crippen molar-refractivity contribution in [2.45, 2.75) is 19.5 Å². The van der Waals surface area contributed by atoms with E-state index in [4.69, 9.17) is 0 Å². The van der Waals surface area contributed by atoms with Crippen LogP contribution in [-0.4, -0.2) is 44.5 Å². The van der Waals surface area contributed by atoms with Crippen molar-refractivity contribution in [3.63, 3.8) is 0 Å². The maximum atomic E-state index is 11.5. The van der Waals surface area contributed by atoms with Crippen molar-refractivity contribution in [3.8, 4) is 0 Å². The van der Waals surface area contributed by atoms with Crippen LogP contribution in [0.2, 0.25) is 0 Å². The molecule has 2 heterocycles. The molecule has 5 nitrogen and oxygen atoms in total. The van der Waals surface area contributed by atoms with Crippen molar-refractivity contribution in [2.24, 2.45) is 0 Å². The first-order valence-electron chi connectivity index (χ1n) is 6.08. The van der Waals surface area contributed by atoms with E-state index in [2.05, 4.69) is 15.2 Å². The minimum atomic E-state index is -2.87. The Morgan fingerprint density at radius 1 is 1.50 bits per heavy atom. The van der Waals surface area contributed by atoms with Crippen molar-refractivity contribution >= 4 is 15.7 Å². The highest BCUT2D eigenvalue weighted by atomic mass is 32.2. The van der Waals surface area contributed by atoms with E-state index in [1.165, 1.54) is 0 Å². The van der Waals surface area contributed by atoms with Crippen LogP contribution in [0.1, 0.15) is 12.5 Å². The number of sulfone groups is 1. The highest BCUT2D eigenvalue weighted by Gasteiger charge is 2.28. The molecule has 1 N–H and O–H groups in total. The lowest BCUT2D eigenvalue weighted by Crippen LogP contribution is -2.47. The lowest BCUT2D eigenvalue weighted by Gasteiger charge is -2.34. The Morgan fingerprint density at radius 2 is 2.28 bits per heavy atom. The lowest BCUT2D eigenvalue weighted by atomic mass is 10.2. The Kier molecular flexibility index (Phi) is 3.87. The van der Waals surface area contributed by atoms with E-state index in [9.17, 15) is 8.42 Å². The first kappa shape index (κ1) is 13.3. The van der Waals surface area contributed by atoms with Crippen molar-refractivity contribution in [1.82, 2.24) is 10.3 Å². The minimum absolute atomic E-state index is 0.00796. The van der Waals surface area contributed by atoms with Gasteiger partial charge in [0.05, 0.1) is 11.5 Å². The largest absolute Gasteiger partial charge is 0.352 e. The Morgan fingerprint density at radius 3 is 2.83 bits per heavy atom. The van der Waals surface area contributed by atoms with Gasteiger partial charge in [-0.05, 0) is 25.6 Å². The number of anilines is 1. The molecule has 0 saturated carbocycles. The van der Waals surface area contributed by atoms with E-state index < -0.39 is 9.84 Å². The van der Waals surface area contributed by atoms with Crippen LogP contribution in [-0.2, 0) is 16.4 Å². The maximum absolute atomic E-state index is 11.5. The Labute approximate surface area is 108 Å². The monoisotopic (exact) mass is 269 g/mol. The summed E-state index contributed by atoms with van der Waals surface area (Å²) in [6.45, 7) is 3.25. The smallest absolute Gasteiger partial charge is 0.154 e. The molecule has 100 valence electrons. The number of nitrogens with zero attached hydrogens (tertiary/aromatic N) is 2. The molecule has 1 aliphatic heterocycles. The van der Waals surface area contributed by atoms with Gasteiger partial charge in [-0.2, -0.15) is 0 Å². The van der Waals surface area contributed by atoms with Gasteiger partial charge in [-0.1, -0.05) is 6.07 Å². The number of nitrogens with one attached hydrogen (secondary N) is 1. The van der Waals surface area contributed by atoms with Gasteiger partial charge in [0.1, 0.15) is 5.82 Å². The SMILES string of the molecule is CNCc1ccc(N2CCS(=O)(=O)CC2C)nc1. The van der Waals surface area contributed by atoms with Crippen LogP contribution in [0.4, 0.5) is 5.82 Å². The summed E-state index contributed by atoms with van der Waals surface area (Å²) in [5, 5.41) is 3.07. The molecule has 18 heavy (non-hydrogen) atoms. The highest BCUT2D eigenvalue weighted by molar-refractivity contribution is 7.91. The van der Waals surface area contributed by atoms with Gasteiger partial charge in [0.2, 0.25) is 0 Å². The minimum Gasteiger partial charge on any atom is -0.352 e. The van der Waals surface area contributed by atoms with E-state index in [-0.39, 0.29) is 17.5 Å². The molecule has 2 rings (SSSR count). The molecule has 1 aromatic heterocycles. The molecule has 0 radical (unpaired) electrons. The van der Waals surface area contributed by atoms with Crippen LogP contribution in [0.3, 0.4) is 0 Å². The quantitative estimate of drug-likeness (QED) is 0.862. The number of pyridine rings is 1. The fourth-order valence-corrected chi connectivity index (χ4v) is 3.79. The molecule has 0 aliphatic carbocycles.